The van der Waals surface area contributed by atoms with Crippen LogP contribution in [0.4, 0.5) is 0 Å². The standard InChI is InChI=1S/C13H15NO7/c1-18-10-6-8(7-11(19-2)12(10)20-3)5-9(14(16)17)13(15)21-4/h5-7H,1-4H3. The van der Waals surface area contributed by atoms with Crippen LogP contribution in [0.2, 0.25) is 0 Å². The number of hydrogen-bond acceptors (Lipinski definition) is 7. The van der Waals surface area contributed by atoms with Crippen molar-refractivity contribution in [2.45, 2.75) is 0 Å². The molecule has 1 aromatic rings. The molecule has 0 N–H and O–H groups in total. The summed E-state index contributed by atoms with van der Waals surface area (Å²) in [6, 6.07) is 2.96. The molecule has 0 aromatic heterocycles. The molecule has 8 nitrogen and oxygen atoms in total. The van der Waals surface area contributed by atoms with Gasteiger partial charge in [-0.15, -0.1) is 0 Å². The van der Waals surface area contributed by atoms with Crippen LogP contribution in [0.3, 0.4) is 0 Å². The highest BCUT2D eigenvalue weighted by Crippen LogP contribution is 2.38. The summed E-state index contributed by atoms with van der Waals surface area (Å²) in [4.78, 5) is 21.4. The number of rotatable bonds is 6. The summed E-state index contributed by atoms with van der Waals surface area (Å²) in [5.74, 6) is -0.0713. The van der Waals surface area contributed by atoms with Crippen LogP contribution in [0.1, 0.15) is 5.56 Å². The number of benzene rings is 1. The average Bonchev–Trinajstić information content (AvgIpc) is 2.50. The average molecular weight is 297 g/mol. The molecule has 0 atom stereocenters. The quantitative estimate of drug-likeness (QED) is 0.339. The SMILES string of the molecule is COC(=O)C(=Cc1cc(OC)c(OC)c(OC)c1)[N+](=O)[O-]. The van der Waals surface area contributed by atoms with E-state index in [1.54, 1.807) is 0 Å². The van der Waals surface area contributed by atoms with Crippen LogP contribution < -0.4 is 14.2 Å². The maximum Gasteiger partial charge on any atom is 0.409 e. The van der Waals surface area contributed by atoms with Gasteiger partial charge >= 0.3 is 11.7 Å². The molecule has 0 spiro atoms. The number of nitrogens with zero attached hydrogens (tertiary/aromatic N) is 1. The molecule has 0 saturated carbocycles. The fraction of sp³-hybridized carbons (Fsp3) is 0.308. The van der Waals surface area contributed by atoms with Gasteiger partial charge < -0.3 is 18.9 Å². The molecule has 114 valence electrons. The fourth-order valence-electron chi connectivity index (χ4n) is 1.63. The van der Waals surface area contributed by atoms with Crippen molar-refractivity contribution in [3.63, 3.8) is 0 Å². The predicted molar refractivity (Wildman–Crippen MR) is 73.1 cm³/mol. The fourth-order valence-corrected chi connectivity index (χ4v) is 1.63. The van der Waals surface area contributed by atoms with Gasteiger partial charge in [-0.25, -0.2) is 4.79 Å². The minimum absolute atomic E-state index is 0.315. The zero-order valence-electron chi connectivity index (χ0n) is 12.0. The van der Waals surface area contributed by atoms with Gasteiger partial charge in [-0.2, -0.15) is 0 Å². The summed E-state index contributed by atoms with van der Waals surface area (Å²) in [5.41, 5.74) is -0.367. The van der Waals surface area contributed by atoms with Gasteiger partial charge in [0.05, 0.1) is 33.4 Å². The van der Waals surface area contributed by atoms with Gasteiger partial charge in [0.15, 0.2) is 11.5 Å². The van der Waals surface area contributed by atoms with Gasteiger partial charge in [0, 0.05) is 6.08 Å². The Hall–Kier alpha value is -2.77. The Bertz CT molecular complexity index is 555. The molecule has 0 heterocycles. The van der Waals surface area contributed by atoms with Crippen LogP contribution in [-0.4, -0.2) is 39.3 Å². The third kappa shape index (κ3) is 3.62. The molecule has 0 bridgehead atoms. The van der Waals surface area contributed by atoms with E-state index in [1.807, 2.05) is 0 Å². The molecule has 0 unspecified atom stereocenters. The minimum Gasteiger partial charge on any atom is -0.493 e. The molecular formula is C13H15NO7. The number of nitro groups is 1. The molecular weight excluding hydrogens is 282 g/mol. The molecule has 0 radical (unpaired) electrons. The summed E-state index contributed by atoms with van der Waals surface area (Å²) >= 11 is 0. The number of ether oxygens (including phenoxy) is 4. The van der Waals surface area contributed by atoms with E-state index >= 15 is 0 Å². The maximum absolute atomic E-state index is 11.4. The van der Waals surface area contributed by atoms with Crippen LogP contribution in [0.25, 0.3) is 6.08 Å². The highest BCUT2D eigenvalue weighted by atomic mass is 16.6. The summed E-state index contributed by atoms with van der Waals surface area (Å²) in [5, 5.41) is 10.9. The highest BCUT2D eigenvalue weighted by molar-refractivity contribution is 5.91. The second kappa shape index (κ2) is 7.13. The van der Waals surface area contributed by atoms with Gasteiger partial charge in [-0.3, -0.25) is 10.1 Å². The summed E-state index contributed by atoms with van der Waals surface area (Å²) < 4.78 is 19.8. The Morgan fingerprint density at radius 3 is 1.95 bits per heavy atom. The first-order chi connectivity index (χ1) is 9.98. The van der Waals surface area contributed by atoms with E-state index in [1.165, 1.54) is 33.5 Å². The smallest absolute Gasteiger partial charge is 0.409 e. The molecule has 0 aliphatic carbocycles. The zero-order valence-corrected chi connectivity index (χ0v) is 12.0. The second-order valence-corrected chi connectivity index (χ2v) is 3.74. The highest BCUT2D eigenvalue weighted by Gasteiger charge is 2.23. The third-order valence-electron chi connectivity index (χ3n) is 2.58. The molecule has 0 aliphatic heterocycles. The maximum atomic E-state index is 11.4. The van der Waals surface area contributed by atoms with Gasteiger partial charge in [-0.05, 0) is 17.7 Å². The Morgan fingerprint density at radius 1 is 1.10 bits per heavy atom. The van der Waals surface area contributed by atoms with Crippen LogP contribution >= 0.6 is 0 Å². The minimum atomic E-state index is -1.05. The lowest BCUT2D eigenvalue weighted by Gasteiger charge is -2.12. The predicted octanol–water partition coefficient (Wildman–Crippen LogP) is 1.50. The van der Waals surface area contributed by atoms with Crippen molar-refractivity contribution in [3.05, 3.63) is 33.5 Å². The first kappa shape index (κ1) is 16.3. The van der Waals surface area contributed by atoms with Gasteiger partial charge in [0.1, 0.15) is 0 Å². The van der Waals surface area contributed by atoms with E-state index in [2.05, 4.69) is 4.74 Å². The summed E-state index contributed by atoms with van der Waals surface area (Å²) in [6.45, 7) is 0. The van der Waals surface area contributed by atoms with E-state index in [9.17, 15) is 14.9 Å². The van der Waals surface area contributed by atoms with Crippen molar-refractivity contribution in [1.29, 1.82) is 0 Å². The molecule has 1 rings (SSSR count). The molecule has 8 heteroatoms. The van der Waals surface area contributed by atoms with Crippen molar-refractivity contribution < 1.29 is 28.7 Å². The van der Waals surface area contributed by atoms with Crippen LogP contribution in [0.5, 0.6) is 17.2 Å². The van der Waals surface area contributed by atoms with Crippen LogP contribution in [0, 0.1) is 10.1 Å². The van der Waals surface area contributed by atoms with Crippen LogP contribution in [-0.2, 0) is 9.53 Å². The largest absolute Gasteiger partial charge is 0.493 e. The van der Waals surface area contributed by atoms with E-state index < -0.39 is 16.6 Å². The van der Waals surface area contributed by atoms with Crippen molar-refractivity contribution >= 4 is 12.0 Å². The number of methoxy groups -OCH3 is 4. The Balaban J connectivity index is 3.42. The normalized spacial score (nSPS) is 10.8. The summed E-state index contributed by atoms with van der Waals surface area (Å²) in [7, 11) is 5.33. The molecule has 0 amide bonds. The molecule has 0 saturated heterocycles. The van der Waals surface area contributed by atoms with E-state index in [0.717, 1.165) is 13.2 Å². The number of esters is 1. The first-order valence-corrected chi connectivity index (χ1v) is 5.72. The Morgan fingerprint density at radius 2 is 1.62 bits per heavy atom. The third-order valence-corrected chi connectivity index (χ3v) is 2.58. The lowest BCUT2D eigenvalue weighted by atomic mass is 10.1. The van der Waals surface area contributed by atoms with Crippen molar-refractivity contribution in [1.82, 2.24) is 0 Å². The Labute approximate surface area is 121 Å². The van der Waals surface area contributed by atoms with Gasteiger partial charge in [-0.1, -0.05) is 0 Å². The summed E-state index contributed by atoms with van der Waals surface area (Å²) in [6.07, 6.45) is 1.07. The van der Waals surface area contributed by atoms with E-state index in [4.69, 9.17) is 14.2 Å². The van der Waals surface area contributed by atoms with Crippen molar-refractivity contribution in [2.24, 2.45) is 0 Å². The topological polar surface area (TPSA) is 97.1 Å². The molecule has 0 fully saturated rings. The lowest BCUT2D eigenvalue weighted by molar-refractivity contribution is -0.419. The number of hydrogen-bond donors (Lipinski definition) is 0. The van der Waals surface area contributed by atoms with Crippen LogP contribution in [0.15, 0.2) is 17.8 Å². The second-order valence-electron chi connectivity index (χ2n) is 3.74. The van der Waals surface area contributed by atoms with Crippen molar-refractivity contribution in [2.75, 3.05) is 28.4 Å². The lowest BCUT2D eigenvalue weighted by Crippen LogP contribution is -2.12. The van der Waals surface area contributed by atoms with Gasteiger partial charge in [0.2, 0.25) is 5.75 Å². The zero-order chi connectivity index (χ0) is 16.0. The molecule has 1 aromatic carbocycles. The monoisotopic (exact) mass is 297 g/mol. The number of carbonyl (C=O) groups is 1. The number of carbonyl (C=O) groups excluding carboxylic acids is 1. The van der Waals surface area contributed by atoms with Gasteiger partial charge in [0.25, 0.3) is 0 Å². The molecule has 21 heavy (non-hydrogen) atoms. The molecule has 0 aliphatic rings. The van der Waals surface area contributed by atoms with E-state index in [-0.39, 0.29) is 0 Å². The Kier molecular flexibility index (Phi) is 5.53. The van der Waals surface area contributed by atoms with E-state index in [0.29, 0.717) is 22.8 Å². The van der Waals surface area contributed by atoms with Crippen molar-refractivity contribution in [3.8, 4) is 17.2 Å². The first-order valence-electron chi connectivity index (χ1n) is 5.72.